The molecule has 1 saturated heterocycles. The number of nitrogens with one attached hydrogen (secondary N) is 1. The van der Waals surface area contributed by atoms with Gasteiger partial charge in [-0.15, -0.1) is 0 Å². The molecule has 1 aromatic heterocycles. The number of benzene rings is 1. The molecule has 106 valence electrons. The van der Waals surface area contributed by atoms with E-state index in [0.717, 1.165) is 38.0 Å². The van der Waals surface area contributed by atoms with E-state index >= 15 is 0 Å². The monoisotopic (exact) mass is 270 g/mol. The summed E-state index contributed by atoms with van der Waals surface area (Å²) in [6.45, 7) is 1.79. The maximum Gasteiger partial charge on any atom is 0.0705 e. The second kappa shape index (κ2) is 6.33. The summed E-state index contributed by atoms with van der Waals surface area (Å²) in [6.07, 6.45) is 3.30. The molecular formula is C17H22N2O. The van der Waals surface area contributed by atoms with Crippen molar-refractivity contribution >= 4 is 10.9 Å². The first-order valence-electron chi connectivity index (χ1n) is 7.46. The van der Waals surface area contributed by atoms with Gasteiger partial charge in [-0.2, -0.15) is 0 Å². The number of likely N-dealkylation sites (N-methyl/N-ethyl adjacent to an activating group) is 1. The standard InChI is InChI=1S/C17H22N2O/c1-18-17(14-8-10-20-11-9-14)12-15-7-6-13-4-2-3-5-16(13)19-15/h2-7,14,17-18H,8-12H2,1H3. The quantitative estimate of drug-likeness (QED) is 0.927. The van der Waals surface area contributed by atoms with E-state index in [1.807, 2.05) is 6.07 Å². The third-order valence-electron chi connectivity index (χ3n) is 4.29. The molecule has 0 saturated carbocycles. The van der Waals surface area contributed by atoms with Crippen LogP contribution in [-0.2, 0) is 11.2 Å². The predicted molar refractivity (Wildman–Crippen MR) is 81.8 cm³/mol. The second-order valence-electron chi connectivity index (χ2n) is 5.54. The molecule has 0 radical (unpaired) electrons. The molecule has 3 rings (SSSR count). The summed E-state index contributed by atoms with van der Waals surface area (Å²) < 4.78 is 5.46. The van der Waals surface area contributed by atoms with Crippen LogP contribution in [0.25, 0.3) is 10.9 Å². The molecule has 2 heterocycles. The summed E-state index contributed by atoms with van der Waals surface area (Å²) in [5, 5.41) is 4.68. The van der Waals surface area contributed by atoms with Gasteiger partial charge in [0.2, 0.25) is 0 Å². The van der Waals surface area contributed by atoms with E-state index in [9.17, 15) is 0 Å². The van der Waals surface area contributed by atoms with E-state index in [1.54, 1.807) is 0 Å². The maximum atomic E-state index is 5.46. The topological polar surface area (TPSA) is 34.2 Å². The Bertz CT molecular complexity index is 564. The van der Waals surface area contributed by atoms with Crippen molar-refractivity contribution in [3.8, 4) is 0 Å². The molecule has 1 unspecified atom stereocenters. The molecule has 1 fully saturated rings. The molecule has 3 heteroatoms. The molecule has 0 amide bonds. The van der Waals surface area contributed by atoms with Crippen LogP contribution in [0.2, 0.25) is 0 Å². The Morgan fingerprint density at radius 3 is 2.80 bits per heavy atom. The summed E-state index contributed by atoms with van der Waals surface area (Å²) in [5.41, 5.74) is 2.27. The van der Waals surface area contributed by atoms with Gasteiger partial charge in [0, 0.05) is 36.8 Å². The predicted octanol–water partition coefficient (Wildman–Crippen LogP) is 2.79. The highest BCUT2D eigenvalue weighted by atomic mass is 16.5. The first-order chi connectivity index (χ1) is 9.86. The highest BCUT2D eigenvalue weighted by Crippen LogP contribution is 2.22. The Balaban J connectivity index is 1.76. The van der Waals surface area contributed by atoms with Gasteiger partial charge in [-0.25, -0.2) is 0 Å². The fourth-order valence-electron chi connectivity index (χ4n) is 3.07. The number of pyridine rings is 1. The molecule has 20 heavy (non-hydrogen) atoms. The largest absolute Gasteiger partial charge is 0.381 e. The van der Waals surface area contributed by atoms with Crippen LogP contribution >= 0.6 is 0 Å². The van der Waals surface area contributed by atoms with Crippen LogP contribution in [0.4, 0.5) is 0 Å². The first-order valence-corrected chi connectivity index (χ1v) is 7.46. The van der Waals surface area contributed by atoms with Crippen LogP contribution < -0.4 is 5.32 Å². The van der Waals surface area contributed by atoms with Crippen LogP contribution in [0.15, 0.2) is 36.4 Å². The molecule has 1 atom stereocenters. The number of ether oxygens (including phenoxy) is 1. The lowest BCUT2D eigenvalue weighted by molar-refractivity contribution is 0.0546. The number of rotatable bonds is 4. The molecule has 0 aliphatic carbocycles. The Morgan fingerprint density at radius 2 is 2.00 bits per heavy atom. The van der Waals surface area contributed by atoms with E-state index in [4.69, 9.17) is 9.72 Å². The molecule has 1 N–H and O–H groups in total. The summed E-state index contributed by atoms with van der Waals surface area (Å²) in [6, 6.07) is 13.1. The molecule has 1 aromatic carbocycles. The molecule has 0 spiro atoms. The van der Waals surface area contributed by atoms with Crippen molar-refractivity contribution in [1.29, 1.82) is 0 Å². The third kappa shape index (κ3) is 3.00. The zero-order chi connectivity index (χ0) is 13.8. The van der Waals surface area contributed by atoms with Gasteiger partial charge in [0.05, 0.1) is 5.52 Å². The number of aromatic nitrogens is 1. The highest BCUT2D eigenvalue weighted by Gasteiger charge is 2.23. The van der Waals surface area contributed by atoms with Crippen LogP contribution in [0, 0.1) is 5.92 Å². The summed E-state index contributed by atoms with van der Waals surface area (Å²) >= 11 is 0. The van der Waals surface area contributed by atoms with Gasteiger partial charge < -0.3 is 10.1 Å². The van der Waals surface area contributed by atoms with Gasteiger partial charge in [0.15, 0.2) is 0 Å². The van der Waals surface area contributed by atoms with Crippen molar-refractivity contribution in [2.75, 3.05) is 20.3 Å². The second-order valence-corrected chi connectivity index (χ2v) is 5.54. The van der Waals surface area contributed by atoms with Gasteiger partial charge in [-0.05, 0) is 37.9 Å². The number of hydrogen-bond donors (Lipinski definition) is 1. The zero-order valence-corrected chi connectivity index (χ0v) is 12.0. The Morgan fingerprint density at radius 1 is 1.20 bits per heavy atom. The van der Waals surface area contributed by atoms with Gasteiger partial charge >= 0.3 is 0 Å². The van der Waals surface area contributed by atoms with Crippen LogP contribution in [0.5, 0.6) is 0 Å². The van der Waals surface area contributed by atoms with E-state index in [1.165, 1.54) is 11.1 Å². The van der Waals surface area contributed by atoms with Crippen molar-refractivity contribution in [3.05, 3.63) is 42.1 Å². The lowest BCUT2D eigenvalue weighted by Crippen LogP contribution is -2.38. The molecule has 3 nitrogen and oxygen atoms in total. The minimum absolute atomic E-state index is 0.493. The SMILES string of the molecule is CNC(Cc1ccc2ccccc2n1)C1CCOCC1. The van der Waals surface area contributed by atoms with E-state index in [2.05, 4.69) is 42.7 Å². The Hall–Kier alpha value is -1.45. The molecule has 2 aromatic rings. The normalized spacial score (nSPS) is 18.2. The van der Waals surface area contributed by atoms with E-state index < -0.39 is 0 Å². The number of para-hydroxylation sites is 1. The lowest BCUT2D eigenvalue weighted by atomic mass is 9.89. The van der Waals surface area contributed by atoms with Gasteiger partial charge in [0.25, 0.3) is 0 Å². The van der Waals surface area contributed by atoms with E-state index in [-0.39, 0.29) is 0 Å². The first kappa shape index (κ1) is 13.5. The van der Waals surface area contributed by atoms with Crippen molar-refractivity contribution in [3.63, 3.8) is 0 Å². The minimum Gasteiger partial charge on any atom is -0.381 e. The molecule has 1 aliphatic heterocycles. The lowest BCUT2D eigenvalue weighted by Gasteiger charge is -2.30. The van der Waals surface area contributed by atoms with Crippen LogP contribution in [0.3, 0.4) is 0 Å². The minimum atomic E-state index is 0.493. The van der Waals surface area contributed by atoms with Gasteiger partial charge in [-0.3, -0.25) is 4.98 Å². The summed E-state index contributed by atoms with van der Waals surface area (Å²) in [7, 11) is 2.06. The van der Waals surface area contributed by atoms with Crippen molar-refractivity contribution in [1.82, 2.24) is 10.3 Å². The van der Waals surface area contributed by atoms with Crippen LogP contribution in [0.1, 0.15) is 18.5 Å². The zero-order valence-electron chi connectivity index (χ0n) is 12.0. The molecule has 0 bridgehead atoms. The smallest absolute Gasteiger partial charge is 0.0705 e. The average molecular weight is 270 g/mol. The van der Waals surface area contributed by atoms with Gasteiger partial charge in [0.1, 0.15) is 0 Å². The Labute approximate surface area is 120 Å². The summed E-state index contributed by atoms with van der Waals surface area (Å²) in [5.74, 6) is 0.696. The Kier molecular flexibility index (Phi) is 4.28. The summed E-state index contributed by atoms with van der Waals surface area (Å²) in [4.78, 5) is 4.79. The maximum absolute atomic E-state index is 5.46. The number of hydrogen-bond acceptors (Lipinski definition) is 3. The number of nitrogens with zero attached hydrogens (tertiary/aromatic N) is 1. The van der Waals surface area contributed by atoms with Gasteiger partial charge in [-0.1, -0.05) is 24.3 Å². The highest BCUT2D eigenvalue weighted by molar-refractivity contribution is 5.78. The molecule has 1 aliphatic rings. The molecular weight excluding hydrogens is 248 g/mol. The van der Waals surface area contributed by atoms with Crippen molar-refractivity contribution in [2.24, 2.45) is 5.92 Å². The fraction of sp³-hybridized carbons (Fsp3) is 0.471. The van der Waals surface area contributed by atoms with Crippen molar-refractivity contribution < 1.29 is 4.74 Å². The third-order valence-corrected chi connectivity index (χ3v) is 4.29. The van der Waals surface area contributed by atoms with Crippen LogP contribution in [-0.4, -0.2) is 31.3 Å². The average Bonchev–Trinajstić information content (AvgIpc) is 2.53. The fourth-order valence-corrected chi connectivity index (χ4v) is 3.07. The van der Waals surface area contributed by atoms with Crippen molar-refractivity contribution in [2.45, 2.75) is 25.3 Å². The van der Waals surface area contributed by atoms with E-state index in [0.29, 0.717) is 12.0 Å². The number of fused-ring (bicyclic) bond motifs is 1.